The lowest BCUT2D eigenvalue weighted by molar-refractivity contribution is -0.384. The SMILES string of the molecule is CC(C)(C)c1ccc(C(=O)NCC(=O)O[C@@H](C(=O)c2ccccc2)c2ccc([N+](=O)[O-])cc2)cc1. The van der Waals surface area contributed by atoms with Crippen LogP contribution in [0.15, 0.2) is 78.9 Å². The Balaban J connectivity index is 1.72. The molecular weight excluding hydrogens is 448 g/mol. The van der Waals surface area contributed by atoms with Gasteiger partial charge in [0, 0.05) is 28.8 Å². The molecule has 0 aliphatic carbocycles. The Morgan fingerprint density at radius 2 is 1.49 bits per heavy atom. The summed E-state index contributed by atoms with van der Waals surface area (Å²) in [5.41, 5.74) is 1.83. The summed E-state index contributed by atoms with van der Waals surface area (Å²) in [5.74, 6) is -1.77. The van der Waals surface area contributed by atoms with Gasteiger partial charge in [0.2, 0.25) is 5.78 Å². The number of ketones is 1. The predicted molar refractivity (Wildman–Crippen MR) is 130 cm³/mol. The highest BCUT2D eigenvalue weighted by molar-refractivity contribution is 6.01. The van der Waals surface area contributed by atoms with Crippen LogP contribution in [0.4, 0.5) is 5.69 Å². The molecule has 0 saturated heterocycles. The quantitative estimate of drug-likeness (QED) is 0.217. The van der Waals surface area contributed by atoms with E-state index in [1.54, 1.807) is 42.5 Å². The summed E-state index contributed by atoms with van der Waals surface area (Å²) in [6.45, 7) is 5.74. The Kier molecular flexibility index (Phi) is 7.76. The molecule has 0 aliphatic heterocycles. The molecule has 8 heteroatoms. The number of rotatable bonds is 8. The van der Waals surface area contributed by atoms with E-state index in [-0.39, 0.29) is 16.7 Å². The summed E-state index contributed by atoms with van der Waals surface area (Å²) in [4.78, 5) is 48.5. The fourth-order valence-electron chi connectivity index (χ4n) is 3.35. The lowest BCUT2D eigenvalue weighted by atomic mass is 9.87. The predicted octanol–water partition coefficient (Wildman–Crippen LogP) is 4.79. The van der Waals surface area contributed by atoms with E-state index in [1.807, 2.05) is 12.1 Å². The zero-order valence-corrected chi connectivity index (χ0v) is 19.7. The maximum atomic E-state index is 13.1. The highest BCUT2D eigenvalue weighted by Gasteiger charge is 2.27. The monoisotopic (exact) mass is 474 g/mol. The molecule has 0 aromatic heterocycles. The number of ether oxygens (including phenoxy) is 1. The Morgan fingerprint density at radius 3 is 2.03 bits per heavy atom. The van der Waals surface area contributed by atoms with Gasteiger partial charge in [-0.15, -0.1) is 0 Å². The van der Waals surface area contributed by atoms with Gasteiger partial charge in [0.25, 0.3) is 11.6 Å². The minimum atomic E-state index is -1.33. The van der Waals surface area contributed by atoms with Crippen molar-refractivity contribution >= 4 is 23.3 Å². The third-order valence-electron chi connectivity index (χ3n) is 5.36. The third-order valence-corrected chi connectivity index (χ3v) is 5.36. The summed E-state index contributed by atoms with van der Waals surface area (Å²) in [6.07, 6.45) is -1.33. The third kappa shape index (κ3) is 6.60. The van der Waals surface area contributed by atoms with Crippen LogP contribution in [-0.4, -0.2) is 29.1 Å². The van der Waals surface area contributed by atoms with E-state index in [2.05, 4.69) is 26.1 Å². The van der Waals surface area contributed by atoms with Gasteiger partial charge in [-0.2, -0.15) is 0 Å². The molecule has 3 aromatic carbocycles. The van der Waals surface area contributed by atoms with Crippen molar-refractivity contribution in [3.05, 3.63) is 111 Å². The minimum Gasteiger partial charge on any atom is -0.448 e. The van der Waals surface area contributed by atoms with Crippen LogP contribution in [0.5, 0.6) is 0 Å². The average Bonchev–Trinajstić information content (AvgIpc) is 2.85. The van der Waals surface area contributed by atoms with Gasteiger partial charge in [0.05, 0.1) is 4.92 Å². The molecule has 1 atom stereocenters. The molecule has 0 fully saturated rings. The number of nitro benzene ring substituents is 1. The fourth-order valence-corrected chi connectivity index (χ4v) is 3.35. The van der Waals surface area contributed by atoms with Crippen molar-refractivity contribution < 1.29 is 24.0 Å². The Bertz CT molecular complexity index is 1210. The Hall–Kier alpha value is -4.33. The molecule has 0 aliphatic rings. The fraction of sp³-hybridized carbons (Fsp3) is 0.222. The van der Waals surface area contributed by atoms with Crippen molar-refractivity contribution in [3.8, 4) is 0 Å². The Labute approximate surface area is 203 Å². The standard InChI is InChI=1S/C27H26N2O6/c1-27(2,3)21-13-9-20(10-14-21)26(32)28-17-23(30)35-25(24(31)18-7-5-4-6-8-18)19-11-15-22(16-12-19)29(33)34/h4-16,25H,17H2,1-3H3,(H,28,32)/t25-/m1/s1. The van der Waals surface area contributed by atoms with Crippen LogP contribution in [0.25, 0.3) is 0 Å². The summed E-state index contributed by atoms with van der Waals surface area (Å²) in [7, 11) is 0. The number of hydrogen-bond donors (Lipinski definition) is 1. The number of hydrogen-bond acceptors (Lipinski definition) is 6. The van der Waals surface area contributed by atoms with E-state index in [1.165, 1.54) is 24.3 Å². The molecule has 3 aromatic rings. The van der Waals surface area contributed by atoms with Gasteiger partial charge in [-0.1, -0.05) is 63.2 Å². The Morgan fingerprint density at radius 1 is 0.886 bits per heavy atom. The number of nitrogens with zero attached hydrogens (tertiary/aromatic N) is 1. The van der Waals surface area contributed by atoms with Gasteiger partial charge in [0.15, 0.2) is 6.10 Å². The minimum absolute atomic E-state index is 0.0585. The summed E-state index contributed by atoms with van der Waals surface area (Å²) < 4.78 is 5.43. The second kappa shape index (κ2) is 10.7. The zero-order valence-electron chi connectivity index (χ0n) is 19.7. The molecule has 0 heterocycles. The number of nitro groups is 1. The first-order chi connectivity index (χ1) is 16.6. The van der Waals surface area contributed by atoms with Gasteiger partial charge in [-0.25, -0.2) is 0 Å². The second-order valence-electron chi connectivity index (χ2n) is 8.96. The van der Waals surface area contributed by atoms with E-state index in [0.29, 0.717) is 11.1 Å². The van der Waals surface area contributed by atoms with Crippen molar-refractivity contribution in [1.82, 2.24) is 5.32 Å². The van der Waals surface area contributed by atoms with Gasteiger partial charge < -0.3 is 10.1 Å². The molecule has 0 radical (unpaired) electrons. The first kappa shape index (κ1) is 25.3. The number of Topliss-reactive ketones (excluding diaryl/α,β-unsaturated/α-hetero) is 1. The van der Waals surface area contributed by atoms with E-state index in [9.17, 15) is 24.5 Å². The number of nitrogens with one attached hydrogen (secondary N) is 1. The average molecular weight is 475 g/mol. The van der Waals surface area contributed by atoms with Crippen molar-refractivity contribution in [1.29, 1.82) is 0 Å². The zero-order chi connectivity index (χ0) is 25.6. The number of carbonyl (C=O) groups excluding carboxylic acids is 3. The molecule has 0 bridgehead atoms. The number of amides is 1. The summed E-state index contributed by atoms with van der Waals surface area (Å²) >= 11 is 0. The van der Waals surface area contributed by atoms with Crippen LogP contribution in [0, 0.1) is 10.1 Å². The largest absolute Gasteiger partial charge is 0.448 e. The summed E-state index contributed by atoms with van der Waals surface area (Å²) in [5, 5.41) is 13.5. The van der Waals surface area contributed by atoms with Crippen molar-refractivity contribution in [2.75, 3.05) is 6.54 Å². The van der Waals surface area contributed by atoms with Crippen LogP contribution in [0.2, 0.25) is 0 Å². The molecule has 180 valence electrons. The first-order valence-electron chi connectivity index (χ1n) is 11.0. The highest BCUT2D eigenvalue weighted by Crippen LogP contribution is 2.25. The van der Waals surface area contributed by atoms with Crippen molar-refractivity contribution in [3.63, 3.8) is 0 Å². The van der Waals surface area contributed by atoms with E-state index in [4.69, 9.17) is 4.74 Å². The molecule has 1 N–H and O–H groups in total. The van der Waals surface area contributed by atoms with Crippen LogP contribution >= 0.6 is 0 Å². The topological polar surface area (TPSA) is 116 Å². The van der Waals surface area contributed by atoms with Crippen LogP contribution in [-0.2, 0) is 14.9 Å². The highest BCUT2D eigenvalue weighted by atomic mass is 16.6. The number of carbonyl (C=O) groups is 3. The second-order valence-corrected chi connectivity index (χ2v) is 8.96. The van der Waals surface area contributed by atoms with E-state index >= 15 is 0 Å². The van der Waals surface area contributed by atoms with Gasteiger partial charge in [-0.05, 0) is 35.2 Å². The van der Waals surface area contributed by atoms with Crippen LogP contribution < -0.4 is 5.32 Å². The maximum Gasteiger partial charge on any atom is 0.326 e. The van der Waals surface area contributed by atoms with Gasteiger partial charge in [0.1, 0.15) is 6.54 Å². The smallest absolute Gasteiger partial charge is 0.326 e. The molecule has 8 nitrogen and oxygen atoms in total. The number of benzene rings is 3. The lowest BCUT2D eigenvalue weighted by Gasteiger charge is -2.19. The molecule has 0 saturated carbocycles. The molecular formula is C27H26N2O6. The maximum absolute atomic E-state index is 13.1. The van der Waals surface area contributed by atoms with Gasteiger partial charge in [-0.3, -0.25) is 24.5 Å². The van der Waals surface area contributed by atoms with Gasteiger partial charge >= 0.3 is 5.97 Å². The van der Waals surface area contributed by atoms with Crippen molar-refractivity contribution in [2.45, 2.75) is 32.3 Å². The molecule has 3 rings (SSSR count). The first-order valence-corrected chi connectivity index (χ1v) is 11.0. The lowest BCUT2D eigenvalue weighted by Crippen LogP contribution is -2.32. The number of non-ortho nitro benzene ring substituents is 1. The van der Waals surface area contributed by atoms with Crippen LogP contribution in [0.3, 0.4) is 0 Å². The normalized spacial score (nSPS) is 11.9. The van der Waals surface area contributed by atoms with Crippen molar-refractivity contribution in [2.24, 2.45) is 0 Å². The van der Waals surface area contributed by atoms with Crippen LogP contribution in [0.1, 0.15) is 58.7 Å². The molecule has 35 heavy (non-hydrogen) atoms. The van der Waals surface area contributed by atoms with E-state index in [0.717, 1.165) is 5.56 Å². The molecule has 0 spiro atoms. The summed E-state index contributed by atoms with van der Waals surface area (Å²) in [6, 6.07) is 20.5. The van der Waals surface area contributed by atoms with E-state index < -0.39 is 35.2 Å². The number of esters is 1. The molecule has 0 unspecified atom stereocenters. The molecule has 1 amide bonds.